The van der Waals surface area contributed by atoms with Crippen molar-refractivity contribution in [3.8, 4) is 5.75 Å². The average Bonchev–Trinajstić information content (AvgIpc) is 2.38. The Morgan fingerprint density at radius 1 is 1.24 bits per heavy atom. The summed E-state index contributed by atoms with van der Waals surface area (Å²) in [7, 11) is 3.48. The summed E-state index contributed by atoms with van der Waals surface area (Å²) < 4.78 is 12.1. The Bertz CT molecular complexity index is 443. The number of hydrogen-bond acceptors (Lipinski definition) is 3. The molecule has 21 heavy (non-hydrogen) atoms. The van der Waals surface area contributed by atoms with Crippen LogP contribution in [0.25, 0.3) is 0 Å². The number of ether oxygens (including phenoxy) is 2. The smallest absolute Gasteiger partial charge is 0.133 e. The van der Waals surface area contributed by atoms with Crippen molar-refractivity contribution in [1.29, 1.82) is 0 Å². The van der Waals surface area contributed by atoms with Crippen molar-refractivity contribution >= 4 is 15.9 Å². The maximum atomic E-state index is 5.78. The van der Waals surface area contributed by atoms with Gasteiger partial charge in [-0.3, -0.25) is 0 Å². The van der Waals surface area contributed by atoms with Crippen molar-refractivity contribution in [3.05, 3.63) is 28.2 Å². The third-order valence-electron chi connectivity index (χ3n) is 3.61. The third-order valence-corrected chi connectivity index (χ3v) is 4.23. The van der Waals surface area contributed by atoms with Crippen LogP contribution in [0.15, 0.2) is 22.7 Å². The van der Waals surface area contributed by atoms with E-state index in [0.29, 0.717) is 0 Å². The van der Waals surface area contributed by atoms with Crippen LogP contribution in [0.1, 0.15) is 33.3 Å². The van der Waals surface area contributed by atoms with E-state index in [1.807, 2.05) is 6.07 Å². The lowest BCUT2D eigenvalue weighted by molar-refractivity contribution is -0.0106. The zero-order valence-corrected chi connectivity index (χ0v) is 15.6. The van der Waals surface area contributed by atoms with Gasteiger partial charge in [-0.1, -0.05) is 33.8 Å². The molecule has 1 N–H and O–H groups in total. The minimum Gasteiger partial charge on any atom is -0.496 e. The Hall–Kier alpha value is -0.580. The Morgan fingerprint density at radius 2 is 1.90 bits per heavy atom. The van der Waals surface area contributed by atoms with Crippen LogP contribution < -0.4 is 10.1 Å². The standard InChI is InChI=1S/C17H28BrNO2/c1-7-19-14(16(21-6)17(2,3)4)11-12-8-9-15(20-5)13(18)10-12/h8-10,14,16,19H,7,11H2,1-6H3. The van der Waals surface area contributed by atoms with Crippen LogP contribution >= 0.6 is 15.9 Å². The van der Waals surface area contributed by atoms with Crippen molar-refractivity contribution in [2.45, 2.75) is 46.3 Å². The van der Waals surface area contributed by atoms with Crippen LogP contribution in [0.5, 0.6) is 5.75 Å². The average molecular weight is 358 g/mol. The lowest BCUT2D eigenvalue weighted by atomic mass is 9.82. The molecule has 0 aliphatic rings. The van der Waals surface area contributed by atoms with Gasteiger partial charge in [0.15, 0.2) is 0 Å². The number of benzene rings is 1. The van der Waals surface area contributed by atoms with E-state index in [1.165, 1.54) is 5.56 Å². The van der Waals surface area contributed by atoms with Crippen molar-refractivity contribution < 1.29 is 9.47 Å². The molecule has 0 saturated heterocycles. The molecule has 0 bridgehead atoms. The summed E-state index contributed by atoms with van der Waals surface area (Å²) in [5.41, 5.74) is 1.35. The number of hydrogen-bond donors (Lipinski definition) is 1. The first-order valence-electron chi connectivity index (χ1n) is 7.42. The molecule has 120 valence electrons. The predicted molar refractivity (Wildman–Crippen MR) is 92.1 cm³/mol. The molecule has 0 aromatic heterocycles. The molecule has 4 heteroatoms. The number of methoxy groups -OCH3 is 2. The molecule has 1 aromatic carbocycles. The fraction of sp³-hybridized carbons (Fsp3) is 0.647. The SMILES string of the molecule is CCNC(Cc1ccc(OC)c(Br)c1)C(OC)C(C)(C)C. The first-order chi connectivity index (χ1) is 9.83. The monoisotopic (exact) mass is 357 g/mol. The highest BCUT2D eigenvalue weighted by Crippen LogP contribution is 2.29. The molecule has 3 nitrogen and oxygen atoms in total. The fourth-order valence-corrected chi connectivity index (χ4v) is 3.35. The molecule has 0 aliphatic carbocycles. The first kappa shape index (κ1) is 18.5. The van der Waals surface area contributed by atoms with Crippen LogP contribution in [0.4, 0.5) is 0 Å². The van der Waals surface area contributed by atoms with Gasteiger partial charge in [-0.25, -0.2) is 0 Å². The van der Waals surface area contributed by atoms with E-state index < -0.39 is 0 Å². The summed E-state index contributed by atoms with van der Waals surface area (Å²) in [6.07, 6.45) is 1.07. The van der Waals surface area contributed by atoms with Gasteiger partial charge in [-0.15, -0.1) is 0 Å². The fourth-order valence-electron chi connectivity index (χ4n) is 2.76. The topological polar surface area (TPSA) is 30.5 Å². The van der Waals surface area contributed by atoms with Crippen LogP contribution in [0, 0.1) is 5.41 Å². The van der Waals surface area contributed by atoms with Gasteiger partial charge in [0.1, 0.15) is 5.75 Å². The molecular formula is C17H28BrNO2. The van der Waals surface area contributed by atoms with Gasteiger partial charge >= 0.3 is 0 Å². The van der Waals surface area contributed by atoms with Crippen molar-refractivity contribution in [2.75, 3.05) is 20.8 Å². The molecule has 1 aromatic rings. The van der Waals surface area contributed by atoms with Gasteiger partial charge in [0.25, 0.3) is 0 Å². The third kappa shape index (κ3) is 5.28. The summed E-state index contributed by atoms with van der Waals surface area (Å²) in [6, 6.07) is 6.52. The second-order valence-electron chi connectivity index (χ2n) is 6.36. The molecule has 2 atom stereocenters. The molecule has 0 amide bonds. The molecule has 0 radical (unpaired) electrons. The van der Waals surface area contributed by atoms with E-state index >= 15 is 0 Å². The number of likely N-dealkylation sites (N-methyl/N-ethyl adjacent to an activating group) is 1. The van der Waals surface area contributed by atoms with Gasteiger partial charge in [0, 0.05) is 13.2 Å². The zero-order valence-electron chi connectivity index (χ0n) is 14.0. The van der Waals surface area contributed by atoms with Crippen LogP contribution in [0.2, 0.25) is 0 Å². The van der Waals surface area contributed by atoms with Gasteiger partial charge in [0.05, 0.1) is 17.7 Å². The van der Waals surface area contributed by atoms with E-state index in [2.05, 4.69) is 61.1 Å². The van der Waals surface area contributed by atoms with Gasteiger partial charge < -0.3 is 14.8 Å². The minimum atomic E-state index is 0.0886. The van der Waals surface area contributed by atoms with Gasteiger partial charge in [0.2, 0.25) is 0 Å². The number of nitrogens with one attached hydrogen (secondary N) is 1. The highest BCUT2D eigenvalue weighted by atomic mass is 79.9. The van der Waals surface area contributed by atoms with Crippen molar-refractivity contribution in [1.82, 2.24) is 5.32 Å². The maximum absolute atomic E-state index is 5.78. The molecule has 2 unspecified atom stereocenters. The Morgan fingerprint density at radius 3 is 2.33 bits per heavy atom. The lowest BCUT2D eigenvalue weighted by Crippen LogP contribution is -2.48. The molecule has 0 fully saturated rings. The van der Waals surface area contributed by atoms with Crippen molar-refractivity contribution in [3.63, 3.8) is 0 Å². The van der Waals surface area contributed by atoms with E-state index in [0.717, 1.165) is 23.2 Å². The maximum Gasteiger partial charge on any atom is 0.133 e. The minimum absolute atomic E-state index is 0.0886. The predicted octanol–water partition coefficient (Wildman–Crippen LogP) is 4.04. The summed E-state index contributed by atoms with van der Waals surface area (Å²) in [4.78, 5) is 0. The molecule has 0 aliphatic heterocycles. The van der Waals surface area contributed by atoms with Crippen LogP contribution in [-0.4, -0.2) is 32.9 Å². The van der Waals surface area contributed by atoms with Crippen LogP contribution in [0.3, 0.4) is 0 Å². The van der Waals surface area contributed by atoms with Gasteiger partial charge in [-0.2, -0.15) is 0 Å². The molecule has 0 saturated carbocycles. The quantitative estimate of drug-likeness (QED) is 0.798. The number of rotatable bonds is 7. The number of halogens is 1. The molecular weight excluding hydrogens is 330 g/mol. The van der Waals surface area contributed by atoms with Crippen molar-refractivity contribution in [2.24, 2.45) is 5.41 Å². The summed E-state index contributed by atoms with van der Waals surface area (Å²) in [6.45, 7) is 9.71. The lowest BCUT2D eigenvalue weighted by Gasteiger charge is -2.36. The second kappa shape index (κ2) is 8.16. The second-order valence-corrected chi connectivity index (χ2v) is 7.21. The largest absolute Gasteiger partial charge is 0.496 e. The van der Waals surface area contributed by atoms with E-state index in [-0.39, 0.29) is 17.6 Å². The first-order valence-corrected chi connectivity index (χ1v) is 8.21. The summed E-state index contributed by atoms with van der Waals surface area (Å²) in [5, 5.41) is 3.57. The normalized spacial score (nSPS) is 14.8. The Balaban J connectivity index is 2.94. The summed E-state index contributed by atoms with van der Waals surface area (Å²) >= 11 is 3.55. The Labute approximate surface area is 137 Å². The molecule has 0 heterocycles. The summed E-state index contributed by atoms with van der Waals surface area (Å²) in [5.74, 6) is 0.859. The molecule has 0 spiro atoms. The van der Waals surface area contributed by atoms with E-state index in [9.17, 15) is 0 Å². The van der Waals surface area contributed by atoms with Gasteiger partial charge in [-0.05, 0) is 52.0 Å². The highest BCUT2D eigenvalue weighted by Gasteiger charge is 2.32. The Kier molecular flexibility index (Phi) is 7.17. The van der Waals surface area contributed by atoms with E-state index in [1.54, 1.807) is 14.2 Å². The molecule has 1 rings (SSSR count). The van der Waals surface area contributed by atoms with Crippen LogP contribution in [-0.2, 0) is 11.2 Å². The van der Waals surface area contributed by atoms with E-state index in [4.69, 9.17) is 9.47 Å². The zero-order chi connectivity index (χ0) is 16.0. The highest BCUT2D eigenvalue weighted by molar-refractivity contribution is 9.10.